The van der Waals surface area contributed by atoms with Crippen molar-refractivity contribution in [2.75, 3.05) is 5.32 Å². The van der Waals surface area contributed by atoms with Gasteiger partial charge in [-0.1, -0.05) is 18.2 Å². The van der Waals surface area contributed by atoms with Crippen LogP contribution in [0.5, 0.6) is 0 Å². The molecule has 2 aromatic rings. The number of alkyl halides is 3. The minimum absolute atomic E-state index is 0.247. The van der Waals surface area contributed by atoms with E-state index in [1.807, 2.05) is 6.07 Å². The van der Waals surface area contributed by atoms with Crippen LogP contribution in [0.2, 0.25) is 0 Å². The molecule has 4 nitrogen and oxygen atoms in total. The molecule has 1 atom stereocenters. The number of nitrogens with two attached hydrogens (primary N) is 1. The first kappa shape index (κ1) is 18.5. The Morgan fingerprint density at radius 1 is 1.24 bits per heavy atom. The van der Waals surface area contributed by atoms with E-state index in [2.05, 4.69) is 5.32 Å². The zero-order valence-corrected chi connectivity index (χ0v) is 13.5. The van der Waals surface area contributed by atoms with Crippen molar-refractivity contribution >= 4 is 11.6 Å². The lowest BCUT2D eigenvalue weighted by Gasteiger charge is -2.12. The number of anilines is 1. The normalized spacial score (nSPS) is 12.3. The van der Waals surface area contributed by atoms with Crippen LogP contribution in [0, 0.1) is 11.3 Å². The van der Waals surface area contributed by atoms with Crippen LogP contribution < -0.4 is 10.6 Å². The van der Waals surface area contributed by atoms with Crippen molar-refractivity contribution in [3.63, 3.8) is 0 Å². The van der Waals surface area contributed by atoms with E-state index in [-0.39, 0.29) is 12.5 Å². The number of carbonyl (C=O) groups excluding carboxylic acids is 1. The first-order valence-corrected chi connectivity index (χ1v) is 7.60. The first-order chi connectivity index (χ1) is 11.8. The number of hydrogen-bond donors (Lipinski definition) is 2. The van der Waals surface area contributed by atoms with Gasteiger partial charge in [-0.3, -0.25) is 4.79 Å². The number of benzene rings is 2. The van der Waals surface area contributed by atoms with Gasteiger partial charge in [0.15, 0.2) is 6.04 Å². The fourth-order valence-electron chi connectivity index (χ4n) is 2.22. The van der Waals surface area contributed by atoms with E-state index in [0.29, 0.717) is 16.8 Å². The molecule has 2 rings (SSSR count). The molecule has 0 aliphatic heterocycles. The number of quaternary nitrogens is 1. The highest BCUT2D eigenvalue weighted by Crippen LogP contribution is 2.29. The van der Waals surface area contributed by atoms with Crippen molar-refractivity contribution < 1.29 is 23.3 Å². The number of amides is 1. The van der Waals surface area contributed by atoms with Crippen molar-refractivity contribution in [1.82, 2.24) is 0 Å². The van der Waals surface area contributed by atoms with Gasteiger partial charge in [0, 0.05) is 11.3 Å². The van der Waals surface area contributed by atoms with Crippen LogP contribution >= 0.6 is 0 Å². The van der Waals surface area contributed by atoms with E-state index in [9.17, 15) is 18.0 Å². The Morgan fingerprint density at radius 3 is 2.64 bits per heavy atom. The monoisotopic (exact) mass is 348 g/mol. The predicted molar refractivity (Wildman–Crippen MR) is 86.3 cm³/mol. The standard InChI is InChI=1S/C18H16F3N3O/c1-12(17(25)24-16-7-3-4-13(9-16)10-22)23-11-14-5-2-6-15(8-14)18(19,20)21/h2-9,12,23H,11H2,1H3,(H,24,25)/p+1/t12-/m0/s1. The van der Waals surface area contributed by atoms with Crippen molar-refractivity contribution in [3.05, 3.63) is 65.2 Å². The van der Waals surface area contributed by atoms with Gasteiger partial charge < -0.3 is 10.6 Å². The number of hydrogen-bond acceptors (Lipinski definition) is 2. The van der Waals surface area contributed by atoms with Gasteiger partial charge in [-0.15, -0.1) is 0 Å². The summed E-state index contributed by atoms with van der Waals surface area (Å²) < 4.78 is 38.1. The third-order valence-corrected chi connectivity index (χ3v) is 3.63. The van der Waals surface area contributed by atoms with Gasteiger partial charge in [-0.25, -0.2) is 0 Å². The van der Waals surface area contributed by atoms with Gasteiger partial charge in [-0.05, 0) is 37.3 Å². The molecule has 1 amide bonds. The summed E-state index contributed by atoms with van der Waals surface area (Å²) in [4.78, 5) is 12.2. The number of nitriles is 1. The quantitative estimate of drug-likeness (QED) is 0.872. The number of halogens is 3. The molecule has 0 aromatic heterocycles. The third-order valence-electron chi connectivity index (χ3n) is 3.63. The van der Waals surface area contributed by atoms with Gasteiger partial charge in [0.05, 0.1) is 17.2 Å². The highest BCUT2D eigenvalue weighted by Gasteiger charge is 2.30. The Morgan fingerprint density at radius 2 is 1.96 bits per heavy atom. The molecule has 2 aromatic carbocycles. The lowest BCUT2D eigenvalue weighted by molar-refractivity contribution is -0.688. The molecule has 0 saturated carbocycles. The fraction of sp³-hybridized carbons (Fsp3) is 0.222. The van der Waals surface area contributed by atoms with Gasteiger partial charge in [0.1, 0.15) is 6.54 Å². The zero-order chi connectivity index (χ0) is 18.4. The lowest BCUT2D eigenvalue weighted by atomic mass is 10.1. The molecule has 0 aliphatic carbocycles. The van der Waals surface area contributed by atoms with Crippen molar-refractivity contribution in [1.29, 1.82) is 5.26 Å². The van der Waals surface area contributed by atoms with Crippen LogP contribution in [0.15, 0.2) is 48.5 Å². The van der Waals surface area contributed by atoms with E-state index in [1.54, 1.807) is 42.6 Å². The minimum atomic E-state index is -4.38. The third kappa shape index (κ3) is 5.33. The Kier molecular flexibility index (Phi) is 5.78. The molecule has 0 fully saturated rings. The van der Waals surface area contributed by atoms with Gasteiger partial charge in [0.2, 0.25) is 0 Å². The summed E-state index contributed by atoms with van der Waals surface area (Å²) in [5.74, 6) is -0.290. The molecule has 7 heteroatoms. The molecule has 0 aliphatic rings. The number of nitrogens with one attached hydrogen (secondary N) is 1. The molecule has 0 saturated heterocycles. The summed E-state index contributed by atoms with van der Waals surface area (Å²) in [5.41, 5.74) is 0.714. The van der Waals surface area contributed by atoms with Crippen LogP contribution in [0.3, 0.4) is 0 Å². The Labute approximate surface area is 143 Å². The molecule has 0 radical (unpaired) electrons. The summed E-state index contributed by atoms with van der Waals surface area (Å²) in [5, 5.41) is 13.2. The van der Waals surface area contributed by atoms with Crippen LogP contribution in [0.1, 0.15) is 23.6 Å². The number of nitrogens with zero attached hydrogens (tertiary/aromatic N) is 1. The average Bonchev–Trinajstić information content (AvgIpc) is 2.59. The number of rotatable bonds is 5. The molecule has 130 valence electrons. The highest BCUT2D eigenvalue weighted by atomic mass is 19.4. The van der Waals surface area contributed by atoms with Crippen molar-refractivity contribution in [3.8, 4) is 6.07 Å². The molecule has 0 heterocycles. The second kappa shape index (κ2) is 7.81. The minimum Gasteiger partial charge on any atom is -0.333 e. The van der Waals surface area contributed by atoms with Crippen LogP contribution in [0.25, 0.3) is 0 Å². The van der Waals surface area contributed by atoms with Crippen LogP contribution in [-0.4, -0.2) is 11.9 Å². The fourth-order valence-corrected chi connectivity index (χ4v) is 2.22. The van der Waals surface area contributed by atoms with E-state index < -0.39 is 17.8 Å². The summed E-state index contributed by atoms with van der Waals surface area (Å²) in [7, 11) is 0. The average molecular weight is 348 g/mol. The van der Waals surface area contributed by atoms with Gasteiger partial charge in [0.25, 0.3) is 5.91 Å². The largest absolute Gasteiger partial charge is 0.416 e. The van der Waals surface area contributed by atoms with Gasteiger partial charge in [-0.2, -0.15) is 18.4 Å². The Bertz CT molecular complexity index is 797. The van der Waals surface area contributed by atoms with Crippen molar-refractivity contribution in [2.24, 2.45) is 0 Å². The first-order valence-electron chi connectivity index (χ1n) is 7.60. The second-order valence-corrected chi connectivity index (χ2v) is 5.61. The van der Waals surface area contributed by atoms with E-state index in [1.165, 1.54) is 6.07 Å². The molecular weight excluding hydrogens is 331 g/mol. The molecule has 3 N–H and O–H groups in total. The maximum absolute atomic E-state index is 12.7. The van der Waals surface area contributed by atoms with E-state index in [0.717, 1.165) is 12.1 Å². The molecule has 25 heavy (non-hydrogen) atoms. The zero-order valence-electron chi connectivity index (χ0n) is 13.5. The SMILES string of the molecule is C[C@H]([NH2+]Cc1cccc(C(F)(F)F)c1)C(=O)Nc1cccc(C#N)c1. The lowest BCUT2D eigenvalue weighted by Crippen LogP contribution is -2.90. The van der Waals surface area contributed by atoms with Crippen molar-refractivity contribution in [2.45, 2.75) is 25.7 Å². The van der Waals surface area contributed by atoms with Crippen LogP contribution in [-0.2, 0) is 17.5 Å². The smallest absolute Gasteiger partial charge is 0.333 e. The van der Waals surface area contributed by atoms with E-state index >= 15 is 0 Å². The molecule has 0 bridgehead atoms. The molecular formula is C18H17F3N3O+. The number of carbonyl (C=O) groups is 1. The molecule has 0 spiro atoms. The maximum Gasteiger partial charge on any atom is 0.416 e. The Balaban J connectivity index is 1.94. The second-order valence-electron chi connectivity index (χ2n) is 5.61. The summed E-state index contributed by atoms with van der Waals surface area (Å²) in [6.45, 7) is 1.91. The maximum atomic E-state index is 12.7. The summed E-state index contributed by atoms with van der Waals surface area (Å²) >= 11 is 0. The Hall–Kier alpha value is -2.85. The summed E-state index contributed by atoms with van der Waals surface area (Å²) in [6.07, 6.45) is -4.38. The topological polar surface area (TPSA) is 69.5 Å². The van der Waals surface area contributed by atoms with Gasteiger partial charge >= 0.3 is 6.18 Å². The van der Waals surface area contributed by atoms with E-state index in [4.69, 9.17) is 5.26 Å². The predicted octanol–water partition coefficient (Wildman–Crippen LogP) is 2.67. The van der Waals surface area contributed by atoms with Crippen LogP contribution in [0.4, 0.5) is 18.9 Å². The molecule has 0 unspecified atom stereocenters. The highest BCUT2D eigenvalue weighted by molar-refractivity contribution is 5.93. The summed E-state index contributed by atoms with van der Waals surface area (Å²) in [6, 6.07) is 13.0.